The molecule has 1 saturated carbocycles. The van der Waals surface area contributed by atoms with Gasteiger partial charge in [-0.1, -0.05) is 65.0 Å². The molecule has 1 aliphatic carbocycles. The molecule has 2 atom stereocenters. The lowest BCUT2D eigenvalue weighted by Gasteiger charge is -2.52. The van der Waals surface area contributed by atoms with Crippen molar-refractivity contribution in [3.8, 4) is 17.1 Å². The van der Waals surface area contributed by atoms with Gasteiger partial charge < -0.3 is 10.5 Å². The van der Waals surface area contributed by atoms with E-state index in [9.17, 15) is 8.42 Å². The number of anilines is 1. The minimum absolute atomic E-state index is 0.00257. The van der Waals surface area contributed by atoms with E-state index >= 15 is 0 Å². The quantitative estimate of drug-likeness (QED) is 0.354. The zero-order valence-corrected chi connectivity index (χ0v) is 26.2. The number of benzene rings is 2. The van der Waals surface area contributed by atoms with E-state index in [1.54, 1.807) is 6.07 Å². The number of sulfonamides is 1. The fourth-order valence-electron chi connectivity index (χ4n) is 7.20. The summed E-state index contributed by atoms with van der Waals surface area (Å²) in [6.45, 7) is 15.8. The number of nitrogens with zero attached hydrogens (tertiary/aromatic N) is 2. The summed E-state index contributed by atoms with van der Waals surface area (Å²) in [5.74, 6) is 0.443. The molecule has 8 heteroatoms. The number of hydrogen-bond donors (Lipinski definition) is 2. The Labute approximate surface area is 245 Å². The van der Waals surface area contributed by atoms with Crippen LogP contribution in [-0.2, 0) is 15.4 Å². The molecule has 4 bridgehead atoms. The molecule has 0 unspecified atom stereocenters. The second-order valence-electron chi connectivity index (χ2n) is 14.2. The monoisotopic (exact) mass is 576 g/mol. The maximum Gasteiger partial charge on any atom is 0.264 e. The van der Waals surface area contributed by atoms with Crippen LogP contribution in [0.4, 0.5) is 5.95 Å². The van der Waals surface area contributed by atoms with Gasteiger partial charge >= 0.3 is 0 Å². The van der Waals surface area contributed by atoms with Crippen molar-refractivity contribution in [2.75, 3.05) is 11.3 Å². The van der Waals surface area contributed by atoms with Crippen LogP contribution >= 0.6 is 0 Å². The summed E-state index contributed by atoms with van der Waals surface area (Å²) in [6, 6.07) is 15.5. The van der Waals surface area contributed by atoms with Crippen LogP contribution in [0.15, 0.2) is 53.4 Å². The molecule has 0 saturated heterocycles. The highest BCUT2D eigenvalue weighted by Crippen LogP contribution is 2.53. The van der Waals surface area contributed by atoms with Crippen molar-refractivity contribution in [1.82, 2.24) is 9.97 Å². The van der Waals surface area contributed by atoms with Crippen molar-refractivity contribution in [1.29, 1.82) is 0 Å². The molecule has 1 fully saturated rings. The number of nitrogens with two attached hydrogens (primary N) is 1. The van der Waals surface area contributed by atoms with Crippen LogP contribution in [0.1, 0.15) is 77.0 Å². The molecular formula is C33H44N4O3S. The lowest BCUT2D eigenvalue weighted by Crippen LogP contribution is -2.50. The van der Waals surface area contributed by atoms with Gasteiger partial charge in [-0.15, -0.1) is 0 Å². The Bertz CT molecular complexity index is 1540. The van der Waals surface area contributed by atoms with Crippen LogP contribution in [-0.4, -0.2) is 31.0 Å². The Balaban J connectivity index is 1.68. The average molecular weight is 577 g/mol. The van der Waals surface area contributed by atoms with E-state index in [2.05, 4.69) is 55.4 Å². The molecule has 5 rings (SSSR count). The number of aryl methyl sites for hydroxylation is 2. The SMILES string of the molecule is Cc1cccc(C)c1-c1cc2nc(n1)NS(=O)(=O)c1cccc(c1)[C@](C)(CC1(C)CC(N)C1)[C@H](CC(C)(C)C)CO2. The van der Waals surface area contributed by atoms with Gasteiger partial charge in [-0.3, -0.25) is 0 Å². The zero-order chi connectivity index (χ0) is 29.8. The minimum atomic E-state index is -3.96. The predicted molar refractivity (Wildman–Crippen MR) is 165 cm³/mol. The predicted octanol–water partition coefficient (Wildman–Crippen LogP) is 6.78. The number of aromatic nitrogens is 2. The summed E-state index contributed by atoms with van der Waals surface area (Å²) in [5.41, 5.74) is 10.7. The highest BCUT2D eigenvalue weighted by atomic mass is 32.2. The van der Waals surface area contributed by atoms with E-state index in [0.717, 1.165) is 47.9 Å². The largest absolute Gasteiger partial charge is 0.477 e. The molecule has 2 aliphatic rings. The zero-order valence-electron chi connectivity index (χ0n) is 25.4. The molecule has 0 radical (unpaired) electrons. The second kappa shape index (κ2) is 10.4. The van der Waals surface area contributed by atoms with Crippen LogP contribution in [0.3, 0.4) is 0 Å². The Morgan fingerprint density at radius 1 is 1.02 bits per heavy atom. The van der Waals surface area contributed by atoms with Crippen molar-refractivity contribution in [3.63, 3.8) is 0 Å². The smallest absolute Gasteiger partial charge is 0.264 e. The van der Waals surface area contributed by atoms with Crippen molar-refractivity contribution in [2.45, 2.75) is 90.5 Å². The van der Waals surface area contributed by atoms with E-state index in [1.807, 2.05) is 50.2 Å². The number of fused-ring (bicyclic) bond motifs is 4. The number of nitrogens with one attached hydrogen (secondary N) is 1. The number of rotatable bonds is 4. The van der Waals surface area contributed by atoms with Gasteiger partial charge in [0.15, 0.2) is 0 Å². The van der Waals surface area contributed by atoms with Crippen molar-refractivity contribution in [3.05, 3.63) is 65.2 Å². The van der Waals surface area contributed by atoms with Gasteiger partial charge in [0.1, 0.15) is 0 Å². The Kier molecular flexibility index (Phi) is 7.48. The number of hydrogen-bond acceptors (Lipinski definition) is 6. The van der Waals surface area contributed by atoms with Gasteiger partial charge in [0, 0.05) is 23.6 Å². The Morgan fingerprint density at radius 3 is 2.32 bits per heavy atom. The van der Waals surface area contributed by atoms with E-state index in [4.69, 9.17) is 10.5 Å². The molecule has 1 aromatic heterocycles. The van der Waals surface area contributed by atoms with Crippen molar-refractivity contribution < 1.29 is 13.2 Å². The van der Waals surface area contributed by atoms with Gasteiger partial charge in [0.2, 0.25) is 11.8 Å². The Morgan fingerprint density at radius 2 is 1.68 bits per heavy atom. The summed E-state index contributed by atoms with van der Waals surface area (Å²) in [5, 5.41) is 0. The summed E-state index contributed by atoms with van der Waals surface area (Å²) in [4.78, 5) is 9.39. The van der Waals surface area contributed by atoms with Crippen LogP contribution in [0.5, 0.6) is 5.88 Å². The molecule has 2 heterocycles. The highest BCUT2D eigenvalue weighted by molar-refractivity contribution is 7.92. The van der Waals surface area contributed by atoms with Crippen LogP contribution < -0.4 is 15.2 Å². The number of ether oxygens (including phenoxy) is 1. The molecule has 2 aromatic carbocycles. The van der Waals surface area contributed by atoms with E-state index in [0.29, 0.717) is 18.2 Å². The first-order valence-corrected chi connectivity index (χ1v) is 16.0. The molecule has 0 amide bonds. The first-order valence-electron chi connectivity index (χ1n) is 14.5. The molecule has 0 spiro atoms. The van der Waals surface area contributed by atoms with Crippen molar-refractivity contribution >= 4 is 16.0 Å². The fraction of sp³-hybridized carbons (Fsp3) is 0.515. The van der Waals surface area contributed by atoms with Gasteiger partial charge in [0.05, 0.1) is 17.2 Å². The standard InChI is InChI=1S/C33H44N4O3S/c1-21-10-8-11-22(2)29(21)27-15-28-36-30(35-27)37-41(38,39)26-13-9-12-23(14-26)33(7,20-32(6)17-25(34)18-32)24(19-40-28)16-31(3,4)5/h8-15,24-25H,16-20,34H2,1-7H3,(H,35,36,37)/t24-,25?,32?,33+/m1/s1. The molecule has 3 aromatic rings. The molecule has 41 heavy (non-hydrogen) atoms. The fourth-order valence-corrected chi connectivity index (χ4v) is 8.19. The second-order valence-corrected chi connectivity index (χ2v) is 15.8. The summed E-state index contributed by atoms with van der Waals surface area (Å²) in [7, 11) is -3.96. The first-order chi connectivity index (χ1) is 19.1. The molecule has 3 N–H and O–H groups in total. The maximum atomic E-state index is 13.7. The maximum absolute atomic E-state index is 13.7. The van der Waals surface area contributed by atoms with Gasteiger partial charge in [0.25, 0.3) is 10.0 Å². The average Bonchev–Trinajstić information content (AvgIpc) is 2.84. The molecule has 7 nitrogen and oxygen atoms in total. The van der Waals surface area contributed by atoms with Crippen LogP contribution in [0.2, 0.25) is 0 Å². The summed E-state index contributed by atoms with van der Waals surface area (Å²) < 4.78 is 36.6. The molecule has 1 aliphatic heterocycles. The first kappa shape index (κ1) is 29.5. The summed E-state index contributed by atoms with van der Waals surface area (Å²) >= 11 is 0. The molecular weight excluding hydrogens is 532 g/mol. The Hall–Kier alpha value is -2.97. The van der Waals surface area contributed by atoms with E-state index in [-0.39, 0.29) is 39.0 Å². The highest BCUT2D eigenvalue weighted by Gasteiger charge is 2.48. The van der Waals surface area contributed by atoms with Gasteiger partial charge in [-0.25, -0.2) is 18.1 Å². The van der Waals surface area contributed by atoms with E-state index < -0.39 is 10.0 Å². The normalized spacial score (nSPS) is 27.4. The van der Waals surface area contributed by atoms with Gasteiger partial charge in [-0.2, -0.15) is 4.98 Å². The van der Waals surface area contributed by atoms with Crippen LogP contribution in [0, 0.1) is 30.6 Å². The third-order valence-electron chi connectivity index (χ3n) is 8.97. The third-order valence-corrected chi connectivity index (χ3v) is 10.3. The molecule has 220 valence electrons. The van der Waals surface area contributed by atoms with Crippen molar-refractivity contribution in [2.24, 2.45) is 22.5 Å². The van der Waals surface area contributed by atoms with Gasteiger partial charge in [-0.05, 0) is 84.6 Å². The lowest BCUT2D eigenvalue weighted by atomic mass is 9.54. The topological polar surface area (TPSA) is 107 Å². The minimum Gasteiger partial charge on any atom is -0.477 e. The van der Waals surface area contributed by atoms with E-state index in [1.165, 1.54) is 0 Å². The summed E-state index contributed by atoms with van der Waals surface area (Å²) in [6.07, 6.45) is 3.69. The third kappa shape index (κ3) is 6.14. The lowest BCUT2D eigenvalue weighted by molar-refractivity contribution is 0.0367. The van der Waals surface area contributed by atoms with Crippen LogP contribution in [0.25, 0.3) is 11.3 Å².